The molecular weight excluding hydrogens is 126 g/mol. The molecule has 1 rings (SSSR count). The Morgan fingerprint density at radius 1 is 1.30 bits per heavy atom. The summed E-state index contributed by atoms with van der Waals surface area (Å²) in [5, 5.41) is 0. The zero-order valence-electron chi connectivity index (χ0n) is 6.59. The van der Waals surface area contributed by atoms with Crippen LogP contribution in [0.1, 0.15) is 11.1 Å². The van der Waals surface area contributed by atoms with Gasteiger partial charge in [-0.3, -0.25) is 4.84 Å². The van der Waals surface area contributed by atoms with Gasteiger partial charge < -0.3 is 0 Å². The van der Waals surface area contributed by atoms with E-state index in [0.29, 0.717) is 0 Å². The summed E-state index contributed by atoms with van der Waals surface area (Å²) in [6.45, 7) is 4.14. The highest BCUT2D eigenvalue weighted by molar-refractivity contribution is 5.16. The van der Waals surface area contributed by atoms with Gasteiger partial charge in [0.1, 0.15) is 7.11 Å². The first kappa shape index (κ1) is 7.06. The van der Waals surface area contributed by atoms with Crippen LogP contribution >= 0.6 is 0 Å². The molecule has 2 nitrogen and oxygen atoms in total. The quantitative estimate of drug-likeness (QED) is 0.519. The number of aromatic nitrogens is 1. The largest absolute Gasteiger partial charge is 0.275 e. The molecule has 0 unspecified atom stereocenters. The van der Waals surface area contributed by atoms with Crippen LogP contribution in [-0.4, -0.2) is 7.11 Å². The molecule has 0 atom stereocenters. The minimum Gasteiger partial charge on any atom is -0.275 e. The third-order valence-electron chi connectivity index (χ3n) is 1.63. The lowest BCUT2D eigenvalue weighted by atomic mass is 10.2. The van der Waals surface area contributed by atoms with Crippen LogP contribution in [0.25, 0.3) is 0 Å². The van der Waals surface area contributed by atoms with Gasteiger partial charge in [0.25, 0.3) is 0 Å². The molecule has 0 amide bonds. The van der Waals surface area contributed by atoms with Crippen LogP contribution in [0.2, 0.25) is 0 Å². The van der Waals surface area contributed by atoms with Gasteiger partial charge in [-0.25, -0.2) is 0 Å². The summed E-state index contributed by atoms with van der Waals surface area (Å²) in [6, 6.07) is 2.03. The van der Waals surface area contributed by atoms with Gasteiger partial charge >= 0.3 is 0 Å². The minimum absolute atomic E-state index is 1.24. The second-order valence-electron chi connectivity index (χ2n) is 2.35. The Balaban J connectivity index is 3.04. The maximum atomic E-state index is 4.97. The van der Waals surface area contributed by atoms with Crippen molar-refractivity contribution in [3.05, 3.63) is 29.6 Å². The molecule has 1 heterocycles. The van der Waals surface area contributed by atoms with Crippen LogP contribution in [0.3, 0.4) is 0 Å². The first-order valence-electron chi connectivity index (χ1n) is 3.27. The average Bonchev–Trinajstić information content (AvgIpc) is 1.95. The van der Waals surface area contributed by atoms with Gasteiger partial charge in [0.05, 0.1) is 0 Å². The summed E-state index contributed by atoms with van der Waals surface area (Å²) in [5.74, 6) is 0. The molecular formula is C8H12NO+. The summed E-state index contributed by atoms with van der Waals surface area (Å²) in [5.41, 5.74) is 2.53. The Labute approximate surface area is 61.0 Å². The lowest BCUT2D eigenvalue weighted by molar-refractivity contribution is -0.885. The number of nitrogens with zero attached hydrogens (tertiary/aromatic N) is 1. The Kier molecular flexibility index (Phi) is 1.90. The van der Waals surface area contributed by atoms with Crippen LogP contribution in [0.5, 0.6) is 0 Å². The minimum atomic E-state index is 1.24. The molecule has 1 aromatic rings. The van der Waals surface area contributed by atoms with Gasteiger partial charge in [0.2, 0.25) is 12.4 Å². The predicted molar refractivity (Wildman–Crippen MR) is 38.6 cm³/mol. The maximum absolute atomic E-state index is 4.97. The molecule has 0 saturated heterocycles. The van der Waals surface area contributed by atoms with Gasteiger partial charge in [-0.1, -0.05) is 0 Å². The van der Waals surface area contributed by atoms with Crippen molar-refractivity contribution in [1.29, 1.82) is 0 Å². The molecule has 0 aliphatic carbocycles. The standard InChI is InChI=1S/C8H12NO/c1-7-4-5-9(10-3)6-8(7)2/h4-6H,1-3H3/q+1. The summed E-state index contributed by atoms with van der Waals surface area (Å²) >= 11 is 0. The van der Waals surface area contributed by atoms with Crippen LogP contribution in [0, 0.1) is 13.8 Å². The summed E-state index contributed by atoms with van der Waals surface area (Å²) in [6.07, 6.45) is 3.84. The molecule has 54 valence electrons. The van der Waals surface area contributed by atoms with E-state index in [9.17, 15) is 0 Å². The molecule has 0 bridgehead atoms. The first-order valence-corrected chi connectivity index (χ1v) is 3.27. The van der Waals surface area contributed by atoms with E-state index in [0.717, 1.165) is 0 Å². The van der Waals surface area contributed by atoms with Gasteiger partial charge in [0.15, 0.2) is 0 Å². The molecule has 10 heavy (non-hydrogen) atoms. The zero-order chi connectivity index (χ0) is 7.56. The lowest BCUT2D eigenvalue weighted by Crippen LogP contribution is -2.39. The van der Waals surface area contributed by atoms with E-state index in [1.165, 1.54) is 11.1 Å². The van der Waals surface area contributed by atoms with Crippen molar-refractivity contribution < 1.29 is 9.57 Å². The summed E-state index contributed by atoms with van der Waals surface area (Å²) in [4.78, 5) is 4.97. The fourth-order valence-electron chi connectivity index (χ4n) is 0.766. The topological polar surface area (TPSA) is 13.1 Å². The number of hydrogen-bond donors (Lipinski definition) is 0. The van der Waals surface area contributed by atoms with Gasteiger partial charge in [-0.05, 0) is 19.4 Å². The van der Waals surface area contributed by atoms with Crippen molar-refractivity contribution >= 4 is 0 Å². The second kappa shape index (κ2) is 2.69. The van der Waals surface area contributed by atoms with Crippen LogP contribution < -0.4 is 9.57 Å². The number of pyridine rings is 1. The molecule has 0 spiro atoms. The normalized spacial score (nSPS) is 9.50. The van der Waals surface area contributed by atoms with E-state index >= 15 is 0 Å². The summed E-state index contributed by atoms with van der Waals surface area (Å²) < 4.78 is 1.68. The molecule has 0 aliphatic heterocycles. The highest BCUT2D eigenvalue weighted by Crippen LogP contribution is 1.99. The Morgan fingerprint density at radius 3 is 2.50 bits per heavy atom. The molecule has 0 radical (unpaired) electrons. The average molecular weight is 138 g/mol. The van der Waals surface area contributed by atoms with E-state index in [1.807, 2.05) is 18.5 Å². The van der Waals surface area contributed by atoms with Crippen LogP contribution in [-0.2, 0) is 0 Å². The second-order valence-corrected chi connectivity index (χ2v) is 2.35. The Morgan fingerprint density at radius 2 is 2.00 bits per heavy atom. The van der Waals surface area contributed by atoms with Crippen LogP contribution in [0.15, 0.2) is 18.5 Å². The number of aryl methyl sites for hydroxylation is 2. The van der Waals surface area contributed by atoms with E-state index in [4.69, 9.17) is 4.84 Å². The van der Waals surface area contributed by atoms with Crippen molar-refractivity contribution in [2.75, 3.05) is 7.11 Å². The first-order chi connectivity index (χ1) is 4.74. The number of rotatable bonds is 1. The van der Waals surface area contributed by atoms with Gasteiger partial charge in [-0.2, -0.15) is 0 Å². The molecule has 0 N–H and O–H groups in total. The molecule has 0 aromatic carbocycles. The third kappa shape index (κ3) is 1.26. The number of hydrogen-bond acceptors (Lipinski definition) is 1. The highest BCUT2D eigenvalue weighted by Gasteiger charge is 2.00. The Hall–Kier alpha value is -1.05. The van der Waals surface area contributed by atoms with Crippen molar-refractivity contribution in [3.8, 4) is 0 Å². The van der Waals surface area contributed by atoms with Crippen molar-refractivity contribution in [2.24, 2.45) is 0 Å². The summed E-state index contributed by atoms with van der Waals surface area (Å²) in [7, 11) is 1.65. The van der Waals surface area contributed by atoms with E-state index in [2.05, 4.69) is 13.8 Å². The zero-order valence-corrected chi connectivity index (χ0v) is 6.59. The predicted octanol–water partition coefficient (Wildman–Crippen LogP) is 0.649. The van der Waals surface area contributed by atoms with E-state index in [1.54, 1.807) is 11.8 Å². The van der Waals surface area contributed by atoms with E-state index < -0.39 is 0 Å². The smallest absolute Gasteiger partial charge is 0.225 e. The van der Waals surface area contributed by atoms with Gasteiger partial charge in [0, 0.05) is 16.4 Å². The highest BCUT2D eigenvalue weighted by atomic mass is 16.6. The monoisotopic (exact) mass is 138 g/mol. The molecule has 1 aromatic heterocycles. The maximum Gasteiger partial charge on any atom is 0.225 e. The van der Waals surface area contributed by atoms with Crippen molar-refractivity contribution in [2.45, 2.75) is 13.8 Å². The van der Waals surface area contributed by atoms with Crippen molar-refractivity contribution in [1.82, 2.24) is 0 Å². The SMILES string of the molecule is CO[n+]1ccc(C)c(C)c1. The third-order valence-corrected chi connectivity index (χ3v) is 1.63. The van der Waals surface area contributed by atoms with Crippen LogP contribution in [0.4, 0.5) is 0 Å². The van der Waals surface area contributed by atoms with Gasteiger partial charge in [-0.15, -0.1) is 0 Å². The fourth-order valence-corrected chi connectivity index (χ4v) is 0.766. The molecule has 0 aliphatic rings. The lowest BCUT2D eigenvalue weighted by Gasteiger charge is -1.94. The van der Waals surface area contributed by atoms with E-state index in [-0.39, 0.29) is 0 Å². The molecule has 0 fully saturated rings. The molecule has 0 saturated carbocycles. The fraction of sp³-hybridized carbons (Fsp3) is 0.375. The Bertz CT molecular complexity index is 233. The molecule has 2 heteroatoms. The van der Waals surface area contributed by atoms with Crippen molar-refractivity contribution in [3.63, 3.8) is 0 Å².